The van der Waals surface area contributed by atoms with Gasteiger partial charge in [0.1, 0.15) is 11.3 Å². The lowest BCUT2D eigenvalue weighted by Crippen LogP contribution is -2.58. The van der Waals surface area contributed by atoms with Crippen molar-refractivity contribution < 1.29 is 23.8 Å². The minimum Gasteiger partial charge on any atom is -0.544 e. The second-order valence-corrected chi connectivity index (χ2v) is 6.78. The molecule has 150 valence electrons. The Morgan fingerprint density at radius 1 is 1.17 bits per heavy atom. The molecule has 2 aromatic carbocycles. The second kappa shape index (κ2) is 9.38. The van der Waals surface area contributed by atoms with Crippen LogP contribution in [0.1, 0.15) is 46.0 Å². The molecule has 0 fully saturated rings. The largest absolute Gasteiger partial charge is 0.544 e. The number of hydrogen-bond donors (Lipinski definition) is 2. The second-order valence-electron chi connectivity index (χ2n) is 6.78. The zero-order chi connectivity index (χ0) is 20.8. The first kappa shape index (κ1) is 20.6. The highest BCUT2D eigenvalue weighted by atomic mass is 16.5. The summed E-state index contributed by atoms with van der Waals surface area (Å²) in [6.45, 7) is 1.73. The van der Waals surface area contributed by atoms with Gasteiger partial charge in [-0.2, -0.15) is 0 Å². The van der Waals surface area contributed by atoms with Gasteiger partial charge in [0.15, 0.2) is 5.78 Å². The van der Waals surface area contributed by atoms with E-state index >= 15 is 0 Å². The molecule has 3 N–H and O–H groups in total. The molecule has 1 amide bonds. The van der Waals surface area contributed by atoms with E-state index in [1.54, 1.807) is 43.3 Å². The van der Waals surface area contributed by atoms with Gasteiger partial charge in [0.05, 0.1) is 12.5 Å². The molecular formula is C21H23BN2O5. The van der Waals surface area contributed by atoms with Crippen LogP contribution >= 0.6 is 0 Å². The van der Waals surface area contributed by atoms with Gasteiger partial charge in [-0.3, -0.25) is 9.59 Å². The van der Waals surface area contributed by atoms with Gasteiger partial charge in [0.25, 0.3) is 0 Å². The number of ether oxygens (including phenoxy) is 1. The van der Waals surface area contributed by atoms with Gasteiger partial charge >= 0.3 is 13.0 Å². The third-order valence-electron chi connectivity index (χ3n) is 4.73. The van der Waals surface area contributed by atoms with Crippen LogP contribution in [-0.2, 0) is 16.0 Å². The molecule has 0 bridgehead atoms. The number of benzene rings is 2. The number of amides is 1. The lowest BCUT2D eigenvalue weighted by atomic mass is 9.68. The molecule has 1 aliphatic rings. The van der Waals surface area contributed by atoms with Crippen molar-refractivity contribution >= 4 is 24.7 Å². The first-order valence-corrected chi connectivity index (χ1v) is 9.58. The fraction of sp³-hybridized carbons (Fsp3) is 0.286. The summed E-state index contributed by atoms with van der Waals surface area (Å²) in [6.07, 6.45) is 0.899. The number of carbonyl (C=O) groups is 3. The van der Waals surface area contributed by atoms with E-state index in [4.69, 9.17) is 15.0 Å². The summed E-state index contributed by atoms with van der Waals surface area (Å²) < 4.78 is 11.0. The Kier molecular flexibility index (Phi) is 6.67. The van der Waals surface area contributed by atoms with Gasteiger partial charge in [-0.25, -0.2) is 4.79 Å². The fourth-order valence-electron chi connectivity index (χ4n) is 3.14. The van der Waals surface area contributed by atoms with Crippen LogP contribution in [0, 0.1) is 0 Å². The van der Waals surface area contributed by atoms with Crippen LogP contribution < -0.4 is 15.6 Å². The zero-order valence-electron chi connectivity index (χ0n) is 16.2. The molecule has 0 aliphatic carbocycles. The maximum Gasteiger partial charge on any atom is 0.467 e. The van der Waals surface area contributed by atoms with Gasteiger partial charge in [0.2, 0.25) is 5.91 Å². The minimum absolute atomic E-state index is 0.0303. The molecule has 0 aromatic heterocycles. The predicted molar refractivity (Wildman–Crippen MR) is 109 cm³/mol. The van der Waals surface area contributed by atoms with Crippen molar-refractivity contribution in [2.45, 2.75) is 32.1 Å². The van der Waals surface area contributed by atoms with E-state index in [0.717, 1.165) is 5.56 Å². The van der Waals surface area contributed by atoms with Crippen molar-refractivity contribution in [3.63, 3.8) is 0 Å². The van der Waals surface area contributed by atoms with Gasteiger partial charge in [-0.1, -0.05) is 49.4 Å². The smallest absolute Gasteiger partial charge is 0.467 e. The fourth-order valence-corrected chi connectivity index (χ4v) is 3.14. The topological polar surface area (TPSA) is 108 Å². The number of para-hydroxylation sites is 1. The van der Waals surface area contributed by atoms with E-state index in [1.807, 2.05) is 12.1 Å². The third-order valence-corrected chi connectivity index (χ3v) is 4.73. The minimum atomic E-state index is -0.772. The van der Waals surface area contributed by atoms with Crippen molar-refractivity contribution in [3.05, 3.63) is 65.2 Å². The molecule has 0 spiro atoms. The van der Waals surface area contributed by atoms with E-state index in [1.165, 1.54) is 0 Å². The monoisotopic (exact) mass is 394 g/mol. The third kappa shape index (κ3) is 5.03. The van der Waals surface area contributed by atoms with Gasteiger partial charge < -0.3 is 20.4 Å². The number of ketones is 1. The number of fused-ring (bicyclic) bond motifs is 1. The average molecular weight is 394 g/mol. The quantitative estimate of drug-likeness (QED) is 0.422. The van der Waals surface area contributed by atoms with E-state index in [9.17, 15) is 14.4 Å². The van der Waals surface area contributed by atoms with Gasteiger partial charge in [-0.15, -0.1) is 0 Å². The number of hydrogen-bond acceptors (Lipinski definition) is 6. The molecule has 0 saturated carbocycles. The Labute approximate surface area is 169 Å². The summed E-state index contributed by atoms with van der Waals surface area (Å²) in [7, 11) is -0.772. The summed E-state index contributed by atoms with van der Waals surface area (Å²) in [6, 6.07) is 14.0. The highest BCUT2D eigenvalue weighted by Crippen LogP contribution is 2.30. The van der Waals surface area contributed by atoms with Gasteiger partial charge in [-0.05, 0) is 18.1 Å². The normalized spacial score (nSPS) is 15.1. The number of nitrogens with one attached hydrogen (secondary N) is 1. The summed E-state index contributed by atoms with van der Waals surface area (Å²) in [5.74, 6) is -0.797. The van der Waals surface area contributed by atoms with Crippen molar-refractivity contribution in [2.75, 3.05) is 6.61 Å². The van der Waals surface area contributed by atoms with Crippen molar-refractivity contribution in [2.24, 2.45) is 5.64 Å². The van der Waals surface area contributed by atoms with E-state index in [0.29, 0.717) is 24.2 Å². The standard InChI is InChI=1S/C21H23BN2O5/c1-2-19(26)24-18-13-15-9-6-10-16(20(15)29-22(18)23)21(27)28-12-11-17(25)14-7-4-3-5-8-14/h3-10,18H,2,11-13,23H2,1H3,(H,24,26)/t18-/m0/s1. The first-order chi connectivity index (χ1) is 14.0. The Morgan fingerprint density at radius 2 is 1.93 bits per heavy atom. The lowest BCUT2D eigenvalue weighted by Gasteiger charge is -2.30. The van der Waals surface area contributed by atoms with E-state index < -0.39 is 13.0 Å². The highest BCUT2D eigenvalue weighted by molar-refractivity contribution is 6.51. The number of Topliss-reactive ketones (excluding diaryl/α,β-unsaturated/α-hetero) is 1. The molecule has 29 heavy (non-hydrogen) atoms. The number of carbonyl (C=O) groups excluding carboxylic acids is 3. The molecular weight excluding hydrogens is 371 g/mol. The maximum atomic E-state index is 12.5. The Hall–Kier alpha value is -3.13. The van der Waals surface area contributed by atoms with Crippen LogP contribution in [0.25, 0.3) is 0 Å². The van der Waals surface area contributed by atoms with Crippen LogP contribution in [0.15, 0.2) is 48.5 Å². The van der Waals surface area contributed by atoms with Gasteiger partial charge in [0, 0.05) is 18.4 Å². The summed E-state index contributed by atoms with van der Waals surface area (Å²) >= 11 is 0. The highest BCUT2D eigenvalue weighted by Gasteiger charge is 2.35. The number of esters is 1. The molecule has 7 nitrogen and oxygen atoms in total. The molecule has 2 aromatic rings. The van der Waals surface area contributed by atoms with Crippen LogP contribution in [0.2, 0.25) is 0 Å². The van der Waals surface area contributed by atoms with Crippen LogP contribution in [-0.4, -0.2) is 37.3 Å². The molecule has 1 aliphatic heterocycles. The van der Waals surface area contributed by atoms with Crippen molar-refractivity contribution in [1.29, 1.82) is 0 Å². The van der Waals surface area contributed by atoms with Crippen LogP contribution in [0.4, 0.5) is 0 Å². The van der Waals surface area contributed by atoms with E-state index in [-0.39, 0.29) is 36.2 Å². The van der Waals surface area contributed by atoms with E-state index in [2.05, 4.69) is 5.32 Å². The predicted octanol–water partition coefficient (Wildman–Crippen LogP) is 1.93. The molecule has 0 unspecified atom stereocenters. The molecule has 1 heterocycles. The maximum absolute atomic E-state index is 12.5. The van der Waals surface area contributed by atoms with Crippen molar-refractivity contribution in [3.8, 4) is 5.75 Å². The average Bonchev–Trinajstić information content (AvgIpc) is 2.74. The molecule has 8 heteroatoms. The Morgan fingerprint density at radius 3 is 2.66 bits per heavy atom. The Balaban J connectivity index is 1.63. The first-order valence-electron chi connectivity index (χ1n) is 9.58. The molecule has 1 atom stereocenters. The number of nitrogens with two attached hydrogens (primary N) is 1. The number of rotatable bonds is 7. The summed E-state index contributed by atoms with van der Waals surface area (Å²) in [5, 5.41) is 2.83. The summed E-state index contributed by atoms with van der Waals surface area (Å²) in [5.41, 5.74) is 7.64. The summed E-state index contributed by atoms with van der Waals surface area (Å²) in [4.78, 5) is 36.3. The molecule has 3 rings (SSSR count). The molecule has 0 radical (unpaired) electrons. The lowest BCUT2D eigenvalue weighted by molar-refractivity contribution is -0.121. The Bertz CT molecular complexity index is 903. The molecule has 0 saturated heterocycles. The zero-order valence-corrected chi connectivity index (χ0v) is 16.2. The van der Waals surface area contributed by atoms with Crippen molar-refractivity contribution in [1.82, 2.24) is 5.32 Å². The SMILES string of the molecule is CCC(=O)N[C@H]1Cc2cccc(C(=O)OCCC(=O)c3ccccc3)c2OB1N. The van der Waals surface area contributed by atoms with Crippen LogP contribution in [0.3, 0.4) is 0 Å². The van der Waals surface area contributed by atoms with Crippen LogP contribution in [0.5, 0.6) is 5.75 Å².